The average molecular weight is 463 g/mol. The third-order valence-electron chi connectivity index (χ3n) is 5.63. The number of aryl methyl sites for hydroxylation is 1. The zero-order valence-electron chi connectivity index (χ0n) is 19.5. The fourth-order valence-electron chi connectivity index (χ4n) is 3.67. The molecule has 10 heteroatoms. The van der Waals surface area contributed by atoms with Crippen molar-refractivity contribution in [3.63, 3.8) is 0 Å². The van der Waals surface area contributed by atoms with Gasteiger partial charge in [-0.15, -0.1) is 5.10 Å². The maximum Gasteiger partial charge on any atom is 0.352 e. The molecule has 0 aliphatic carbocycles. The molecule has 2 amide bonds. The summed E-state index contributed by atoms with van der Waals surface area (Å²) in [7, 11) is 3.13. The second kappa shape index (κ2) is 8.97. The predicted molar refractivity (Wildman–Crippen MR) is 129 cm³/mol. The number of likely N-dealkylation sites (N-methyl/N-ethyl adjacent to an activating group) is 1. The highest BCUT2D eigenvalue weighted by molar-refractivity contribution is 5.98. The first kappa shape index (κ1) is 23.0. The van der Waals surface area contributed by atoms with Crippen LogP contribution in [0.5, 0.6) is 0 Å². The highest BCUT2D eigenvalue weighted by Crippen LogP contribution is 2.15. The SMILES string of the molecule is CC(C)CNC(=O)c1ccc2c(=O)n(C)c3nn(CC(=O)N(C)c4ccccc4)c(=O)n3c2c1. The highest BCUT2D eigenvalue weighted by atomic mass is 16.2. The second-order valence-electron chi connectivity index (χ2n) is 8.56. The number of amides is 2. The van der Waals surface area contributed by atoms with Gasteiger partial charge >= 0.3 is 5.69 Å². The van der Waals surface area contributed by atoms with Crippen LogP contribution in [0.3, 0.4) is 0 Å². The van der Waals surface area contributed by atoms with Crippen molar-refractivity contribution in [2.24, 2.45) is 13.0 Å². The number of nitrogens with one attached hydrogen (secondary N) is 1. The zero-order valence-corrected chi connectivity index (χ0v) is 19.5. The normalized spacial score (nSPS) is 11.3. The Kier molecular flexibility index (Phi) is 6.06. The molecule has 0 aliphatic heterocycles. The Morgan fingerprint density at radius 1 is 1.09 bits per heavy atom. The molecule has 1 N–H and O–H groups in total. The maximum absolute atomic E-state index is 13.3. The van der Waals surface area contributed by atoms with Crippen molar-refractivity contribution in [1.82, 2.24) is 24.1 Å². The lowest BCUT2D eigenvalue weighted by atomic mass is 10.1. The number of aromatic nitrogens is 4. The molecular formula is C24H26N6O4. The molecule has 2 aromatic carbocycles. The minimum absolute atomic E-state index is 0.0809. The van der Waals surface area contributed by atoms with Crippen molar-refractivity contribution < 1.29 is 9.59 Å². The largest absolute Gasteiger partial charge is 0.352 e. The van der Waals surface area contributed by atoms with Gasteiger partial charge < -0.3 is 10.2 Å². The van der Waals surface area contributed by atoms with Crippen LogP contribution in [0.2, 0.25) is 0 Å². The maximum atomic E-state index is 13.3. The lowest BCUT2D eigenvalue weighted by Gasteiger charge is -2.16. The second-order valence-corrected chi connectivity index (χ2v) is 8.56. The van der Waals surface area contributed by atoms with E-state index in [0.29, 0.717) is 17.8 Å². The molecule has 10 nitrogen and oxygen atoms in total. The Bertz CT molecular complexity index is 1510. The minimum atomic E-state index is -0.579. The van der Waals surface area contributed by atoms with Gasteiger partial charge in [0.25, 0.3) is 11.5 Å². The lowest BCUT2D eigenvalue weighted by molar-refractivity contribution is -0.119. The summed E-state index contributed by atoms with van der Waals surface area (Å²) in [6.45, 7) is 4.16. The molecule has 0 radical (unpaired) electrons. The van der Waals surface area contributed by atoms with Gasteiger partial charge in [0.05, 0.1) is 10.9 Å². The molecule has 0 unspecified atom stereocenters. The van der Waals surface area contributed by atoms with E-state index < -0.39 is 5.69 Å². The first-order valence-electron chi connectivity index (χ1n) is 10.9. The van der Waals surface area contributed by atoms with E-state index in [2.05, 4.69) is 10.4 Å². The van der Waals surface area contributed by atoms with Crippen LogP contribution >= 0.6 is 0 Å². The quantitative estimate of drug-likeness (QED) is 0.466. The van der Waals surface area contributed by atoms with E-state index in [1.54, 1.807) is 25.2 Å². The summed E-state index contributed by atoms with van der Waals surface area (Å²) in [5, 5.41) is 7.35. The zero-order chi connectivity index (χ0) is 24.6. The monoisotopic (exact) mass is 462 g/mol. The number of carbonyl (C=O) groups is 2. The van der Waals surface area contributed by atoms with Gasteiger partial charge in [0, 0.05) is 31.9 Å². The van der Waals surface area contributed by atoms with Crippen LogP contribution in [0.1, 0.15) is 24.2 Å². The molecular weight excluding hydrogens is 436 g/mol. The average Bonchev–Trinajstić information content (AvgIpc) is 3.16. The van der Waals surface area contributed by atoms with Crippen molar-refractivity contribution in [1.29, 1.82) is 0 Å². The summed E-state index contributed by atoms with van der Waals surface area (Å²) >= 11 is 0. The highest BCUT2D eigenvalue weighted by Gasteiger charge is 2.20. The van der Waals surface area contributed by atoms with Crippen molar-refractivity contribution in [2.45, 2.75) is 20.4 Å². The van der Waals surface area contributed by atoms with Gasteiger partial charge in [-0.25, -0.2) is 13.9 Å². The van der Waals surface area contributed by atoms with E-state index in [-0.39, 0.29) is 46.5 Å². The third kappa shape index (κ3) is 4.09. The Hall–Kier alpha value is -4.21. The van der Waals surface area contributed by atoms with Crippen molar-refractivity contribution in [3.05, 3.63) is 74.9 Å². The van der Waals surface area contributed by atoms with E-state index in [9.17, 15) is 19.2 Å². The number of rotatable bonds is 6. The first-order chi connectivity index (χ1) is 16.2. The first-order valence-corrected chi connectivity index (χ1v) is 10.9. The molecule has 0 saturated heterocycles. The molecule has 176 valence electrons. The van der Waals surface area contributed by atoms with E-state index >= 15 is 0 Å². The summed E-state index contributed by atoms with van der Waals surface area (Å²) in [4.78, 5) is 53.0. The lowest BCUT2D eigenvalue weighted by Crippen LogP contribution is -2.34. The third-order valence-corrected chi connectivity index (χ3v) is 5.63. The molecule has 0 saturated carbocycles. The van der Waals surface area contributed by atoms with Crippen molar-refractivity contribution >= 4 is 34.2 Å². The van der Waals surface area contributed by atoms with E-state index in [1.165, 1.54) is 33.0 Å². The summed E-state index contributed by atoms with van der Waals surface area (Å²) in [5.41, 5.74) is 0.323. The smallest absolute Gasteiger partial charge is 0.352 e. The van der Waals surface area contributed by atoms with Gasteiger partial charge in [-0.3, -0.25) is 19.0 Å². The molecule has 0 bridgehead atoms. The number of benzene rings is 2. The number of hydrogen-bond donors (Lipinski definition) is 1. The van der Waals surface area contributed by atoms with Gasteiger partial charge in [0.15, 0.2) is 0 Å². The molecule has 4 rings (SSSR count). The Morgan fingerprint density at radius 3 is 2.47 bits per heavy atom. The molecule has 0 atom stereocenters. The van der Waals surface area contributed by atoms with Gasteiger partial charge in [0.2, 0.25) is 11.7 Å². The van der Waals surface area contributed by atoms with Gasteiger partial charge in [-0.2, -0.15) is 0 Å². The van der Waals surface area contributed by atoms with E-state index in [1.807, 2.05) is 32.0 Å². The molecule has 0 spiro atoms. The number of carbonyl (C=O) groups excluding carboxylic acids is 2. The fourth-order valence-corrected chi connectivity index (χ4v) is 3.67. The van der Waals surface area contributed by atoms with Crippen LogP contribution in [-0.4, -0.2) is 44.2 Å². The van der Waals surface area contributed by atoms with Crippen LogP contribution in [0.25, 0.3) is 16.7 Å². The summed E-state index contributed by atoms with van der Waals surface area (Å²) < 4.78 is 3.54. The van der Waals surface area contributed by atoms with Crippen LogP contribution in [-0.2, 0) is 18.4 Å². The fraction of sp³-hybridized carbons (Fsp3) is 0.292. The predicted octanol–water partition coefficient (Wildman–Crippen LogP) is 1.40. The van der Waals surface area contributed by atoms with Crippen LogP contribution in [0.4, 0.5) is 5.69 Å². The van der Waals surface area contributed by atoms with E-state index in [4.69, 9.17) is 0 Å². The standard InChI is InChI=1S/C24H26N6O4/c1-15(2)13-25-21(32)16-10-11-18-19(12-16)30-23(28(4)22(18)33)26-29(24(30)34)14-20(31)27(3)17-8-6-5-7-9-17/h5-12,15H,13-14H2,1-4H3,(H,25,32). The number of anilines is 1. The summed E-state index contributed by atoms with van der Waals surface area (Å²) in [5.74, 6) is -0.294. The van der Waals surface area contributed by atoms with Gasteiger partial charge in [-0.1, -0.05) is 32.0 Å². The topological polar surface area (TPSA) is 111 Å². The molecule has 0 fully saturated rings. The van der Waals surface area contributed by atoms with Crippen LogP contribution in [0.15, 0.2) is 58.1 Å². The Morgan fingerprint density at radius 2 is 1.79 bits per heavy atom. The van der Waals surface area contributed by atoms with Gasteiger partial charge in [0.1, 0.15) is 6.54 Å². The number of hydrogen-bond acceptors (Lipinski definition) is 5. The Balaban J connectivity index is 1.79. The molecule has 34 heavy (non-hydrogen) atoms. The molecule has 2 aromatic heterocycles. The van der Waals surface area contributed by atoms with Crippen LogP contribution < -0.4 is 21.5 Å². The number of nitrogens with zero attached hydrogens (tertiary/aromatic N) is 5. The van der Waals surface area contributed by atoms with Crippen molar-refractivity contribution in [3.8, 4) is 0 Å². The van der Waals surface area contributed by atoms with Crippen molar-refractivity contribution in [2.75, 3.05) is 18.5 Å². The van der Waals surface area contributed by atoms with E-state index in [0.717, 1.165) is 4.68 Å². The molecule has 4 aromatic rings. The molecule has 0 aliphatic rings. The summed E-state index contributed by atoms with van der Waals surface area (Å²) in [6.07, 6.45) is 0. The number of fused-ring (bicyclic) bond motifs is 3. The Labute approximate surface area is 195 Å². The van der Waals surface area contributed by atoms with Gasteiger partial charge in [-0.05, 0) is 36.2 Å². The summed E-state index contributed by atoms with van der Waals surface area (Å²) in [6, 6.07) is 13.6. The molecule has 2 heterocycles. The minimum Gasteiger partial charge on any atom is -0.352 e. The number of para-hydroxylation sites is 1. The van der Waals surface area contributed by atoms with Crippen LogP contribution in [0, 0.1) is 5.92 Å².